The van der Waals surface area contributed by atoms with Gasteiger partial charge in [0.1, 0.15) is 17.4 Å². The van der Waals surface area contributed by atoms with Crippen LogP contribution in [0.5, 0.6) is 11.5 Å². The van der Waals surface area contributed by atoms with E-state index in [1.165, 1.54) is 30.3 Å². The summed E-state index contributed by atoms with van der Waals surface area (Å²) in [5, 5.41) is 11.1. The normalized spacial score (nSPS) is 14.0. The van der Waals surface area contributed by atoms with Gasteiger partial charge in [0.2, 0.25) is 5.90 Å². The predicted octanol–water partition coefficient (Wildman–Crippen LogP) is 5.71. The molecule has 0 bridgehead atoms. The minimum Gasteiger partial charge on any atom is -0.490 e. The third-order valence-corrected chi connectivity index (χ3v) is 5.24. The van der Waals surface area contributed by atoms with Crippen LogP contribution in [0.1, 0.15) is 23.6 Å². The van der Waals surface area contributed by atoms with Gasteiger partial charge in [-0.25, -0.2) is 14.2 Å². The van der Waals surface area contributed by atoms with Crippen molar-refractivity contribution >= 4 is 35.2 Å². The molecule has 0 saturated heterocycles. The van der Waals surface area contributed by atoms with Crippen LogP contribution < -0.4 is 9.47 Å². The number of nitrogens with zero attached hydrogens (tertiary/aromatic N) is 2. The molecule has 4 rings (SSSR count). The van der Waals surface area contributed by atoms with E-state index in [1.54, 1.807) is 36.4 Å². The van der Waals surface area contributed by atoms with E-state index >= 15 is 0 Å². The minimum absolute atomic E-state index is 0.0000709. The van der Waals surface area contributed by atoms with Crippen LogP contribution in [0, 0.1) is 15.9 Å². The number of esters is 1. The van der Waals surface area contributed by atoms with Gasteiger partial charge in [-0.15, -0.1) is 0 Å². The molecule has 0 spiro atoms. The van der Waals surface area contributed by atoms with Gasteiger partial charge in [0, 0.05) is 17.2 Å². The first-order valence-corrected chi connectivity index (χ1v) is 10.8. The van der Waals surface area contributed by atoms with E-state index < -0.39 is 10.9 Å². The maximum absolute atomic E-state index is 13.9. The molecule has 178 valence electrons. The van der Waals surface area contributed by atoms with Crippen LogP contribution in [-0.4, -0.2) is 23.4 Å². The van der Waals surface area contributed by atoms with Gasteiger partial charge in [-0.2, -0.15) is 0 Å². The SMILES string of the molecule is CCOc1cc(/C=C2\N=C(c3ccc(Cl)c([N+](=O)[O-])c3)OC2=O)ccc1OCc1ccccc1F. The average molecular weight is 497 g/mol. The zero-order valence-electron chi connectivity index (χ0n) is 18.4. The molecule has 0 amide bonds. The van der Waals surface area contributed by atoms with E-state index in [0.29, 0.717) is 29.2 Å². The van der Waals surface area contributed by atoms with Crippen molar-refractivity contribution in [3.8, 4) is 11.5 Å². The highest BCUT2D eigenvalue weighted by atomic mass is 35.5. The van der Waals surface area contributed by atoms with Crippen molar-refractivity contribution in [1.82, 2.24) is 0 Å². The Kier molecular flexibility index (Phi) is 7.07. The Morgan fingerprint density at radius 2 is 1.91 bits per heavy atom. The van der Waals surface area contributed by atoms with Gasteiger partial charge in [-0.1, -0.05) is 35.9 Å². The zero-order valence-corrected chi connectivity index (χ0v) is 19.1. The van der Waals surface area contributed by atoms with Gasteiger partial charge in [0.05, 0.1) is 11.5 Å². The summed E-state index contributed by atoms with van der Waals surface area (Å²) in [6, 6.07) is 15.3. The molecule has 0 fully saturated rings. The van der Waals surface area contributed by atoms with Crippen LogP contribution in [-0.2, 0) is 16.1 Å². The van der Waals surface area contributed by atoms with E-state index in [4.69, 9.17) is 25.8 Å². The molecule has 0 N–H and O–H groups in total. The number of ether oxygens (including phenoxy) is 3. The van der Waals surface area contributed by atoms with Crippen molar-refractivity contribution in [3.63, 3.8) is 0 Å². The molecular formula is C25H18ClFN2O6. The summed E-state index contributed by atoms with van der Waals surface area (Å²) in [4.78, 5) is 27.0. The van der Waals surface area contributed by atoms with E-state index in [-0.39, 0.29) is 40.3 Å². The number of halogens is 2. The first kappa shape index (κ1) is 23.9. The van der Waals surface area contributed by atoms with Crippen LogP contribution in [0.2, 0.25) is 5.02 Å². The largest absolute Gasteiger partial charge is 0.490 e. The van der Waals surface area contributed by atoms with Crippen molar-refractivity contribution in [1.29, 1.82) is 0 Å². The number of hydrogen-bond donors (Lipinski definition) is 0. The molecule has 35 heavy (non-hydrogen) atoms. The number of hydrogen-bond acceptors (Lipinski definition) is 7. The summed E-state index contributed by atoms with van der Waals surface area (Å²) in [6.45, 7) is 2.18. The Labute approximate surface area is 204 Å². The second-order valence-corrected chi connectivity index (χ2v) is 7.69. The van der Waals surface area contributed by atoms with Gasteiger partial charge >= 0.3 is 5.97 Å². The maximum atomic E-state index is 13.9. The highest BCUT2D eigenvalue weighted by Crippen LogP contribution is 2.32. The van der Waals surface area contributed by atoms with Crippen LogP contribution in [0.15, 0.2) is 71.4 Å². The number of cyclic esters (lactones) is 1. The lowest BCUT2D eigenvalue weighted by Crippen LogP contribution is -2.06. The summed E-state index contributed by atoms with van der Waals surface area (Å²) in [5.41, 5.74) is 0.891. The molecule has 0 atom stereocenters. The van der Waals surface area contributed by atoms with Gasteiger partial charge in [0.25, 0.3) is 5.69 Å². The fraction of sp³-hybridized carbons (Fsp3) is 0.120. The quantitative estimate of drug-likeness (QED) is 0.171. The Hall–Kier alpha value is -4.24. The fourth-order valence-corrected chi connectivity index (χ4v) is 3.44. The smallest absolute Gasteiger partial charge is 0.363 e. The highest BCUT2D eigenvalue weighted by molar-refractivity contribution is 6.32. The molecule has 0 aromatic heterocycles. The van der Waals surface area contributed by atoms with Crippen LogP contribution >= 0.6 is 11.6 Å². The lowest BCUT2D eigenvalue weighted by atomic mass is 10.1. The van der Waals surface area contributed by atoms with Crippen LogP contribution in [0.4, 0.5) is 10.1 Å². The van der Waals surface area contributed by atoms with Crippen molar-refractivity contribution in [3.05, 3.63) is 104 Å². The van der Waals surface area contributed by atoms with Crippen molar-refractivity contribution in [2.75, 3.05) is 6.61 Å². The topological polar surface area (TPSA) is 100 Å². The maximum Gasteiger partial charge on any atom is 0.363 e. The number of nitro benzene ring substituents is 1. The van der Waals surface area contributed by atoms with Gasteiger partial charge in [-0.05, 0) is 48.9 Å². The van der Waals surface area contributed by atoms with Crippen LogP contribution in [0.3, 0.4) is 0 Å². The fourth-order valence-electron chi connectivity index (χ4n) is 3.25. The van der Waals surface area contributed by atoms with Crippen molar-refractivity contribution in [2.45, 2.75) is 13.5 Å². The summed E-state index contributed by atoms with van der Waals surface area (Å²) < 4.78 is 30.5. The second kappa shape index (κ2) is 10.4. The number of carbonyl (C=O) groups excluding carboxylic acids is 1. The first-order valence-electron chi connectivity index (χ1n) is 10.5. The molecule has 0 unspecified atom stereocenters. The Bertz CT molecular complexity index is 1370. The molecule has 0 saturated carbocycles. The lowest BCUT2D eigenvalue weighted by molar-refractivity contribution is -0.384. The summed E-state index contributed by atoms with van der Waals surface area (Å²) in [7, 11) is 0. The minimum atomic E-state index is -0.713. The van der Waals surface area contributed by atoms with Gasteiger partial charge in [0.15, 0.2) is 17.2 Å². The molecule has 1 aliphatic rings. The number of aliphatic imine (C=N–C) groups is 1. The average Bonchev–Trinajstić information content (AvgIpc) is 3.20. The summed E-state index contributed by atoms with van der Waals surface area (Å²) >= 11 is 5.84. The molecule has 3 aromatic rings. The highest BCUT2D eigenvalue weighted by Gasteiger charge is 2.26. The third kappa shape index (κ3) is 5.47. The number of benzene rings is 3. The molecule has 8 nitrogen and oxygen atoms in total. The molecule has 1 aliphatic heterocycles. The number of carbonyl (C=O) groups is 1. The summed E-state index contributed by atoms with van der Waals surface area (Å²) in [5.74, 6) is -0.344. The first-order chi connectivity index (χ1) is 16.9. The van der Waals surface area contributed by atoms with E-state index in [1.807, 2.05) is 6.92 Å². The molecule has 3 aromatic carbocycles. The van der Waals surface area contributed by atoms with E-state index in [0.717, 1.165) is 0 Å². The Balaban J connectivity index is 1.59. The van der Waals surface area contributed by atoms with E-state index in [2.05, 4.69) is 4.99 Å². The van der Waals surface area contributed by atoms with E-state index in [9.17, 15) is 19.3 Å². The number of nitro groups is 1. The monoisotopic (exact) mass is 496 g/mol. The third-order valence-electron chi connectivity index (χ3n) is 4.92. The van der Waals surface area contributed by atoms with Crippen molar-refractivity contribution in [2.24, 2.45) is 4.99 Å². The lowest BCUT2D eigenvalue weighted by Gasteiger charge is -2.13. The summed E-state index contributed by atoms with van der Waals surface area (Å²) in [6.07, 6.45) is 1.49. The Morgan fingerprint density at radius 3 is 2.66 bits per heavy atom. The second-order valence-electron chi connectivity index (χ2n) is 7.28. The standard InChI is InChI=1S/C25H18ClFN2O6/c1-2-33-23-12-15(7-10-22(23)34-14-17-5-3-4-6-19(17)27)11-20-25(30)35-24(28-20)16-8-9-18(26)21(13-16)29(31)32/h3-13H,2,14H2,1H3/b20-11-. The van der Waals surface area contributed by atoms with Gasteiger partial charge in [-0.3, -0.25) is 10.1 Å². The molecule has 1 heterocycles. The Morgan fingerprint density at radius 1 is 1.11 bits per heavy atom. The predicted molar refractivity (Wildman–Crippen MR) is 127 cm³/mol. The van der Waals surface area contributed by atoms with Crippen LogP contribution in [0.25, 0.3) is 6.08 Å². The molecule has 0 aliphatic carbocycles. The number of rotatable bonds is 8. The molecule has 10 heteroatoms. The molecular weight excluding hydrogens is 479 g/mol. The molecule has 0 radical (unpaired) electrons. The zero-order chi connectivity index (χ0) is 24.9. The van der Waals surface area contributed by atoms with Gasteiger partial charge < -0.3 is 14.2 Å². The van der Waals surface area contributed by atoms with Crippen molar-refractivity contribution < 1.29 is 28.3 Å².